The van der Waals surface area contributed by atoms with Crippen molar-refractivity contribution in [3.63, 3.8) is 0 Å². The second-order valence-electron chi connectivity index (χ2n) is 3.36. The van der Waals surface area contributed by atoms with E-state index in [1.54, 1.807) is 0 Å². The molecular formula is C12H23NO3. The largest absolute Gasteiger partial charge is 0.462 e. The average Bonchev–Trinajstić information content (AvgIpc) is 2.32. The van der Waals surface area contributed by atoms with Crippen LogP contribution in [-0.2, 0) is 14.3 Å². The third kappa shape index (κ3) is 8.44. The van der Waals surface area contributed by atoms with Crippen molar-refractivity contribution < 1.29 is 14.3 Å². The van der Waals surface area contributed by atoms with E-state index in [-0.39, 0.29) is 5.97 Å². The number of rotatable bonds is 10. The van der Waals surface area contributed by atoms with Crippen LogP contribution in [0.4, 0.5) is 0 Å². The van der Waals surface area contributed by atoms with Crippen molar-refractivity contribution in [2.24, 2.45) is 0 Å². The molecule has 0 aromatic carbocycles. The van der Waals surface area contributed by atoms with Gasteiger partial charge in [0.05, 0.1) is 13.2 Å². The summed E-state index contributed by atoms with van der Waals surface area (Å²) in [7, 11) is 0. The van der Waals surface area contributed by atoms with Gasteiger partial charge in [-0.05, 0) is 13.1 Å². The lowest BCUT2D eigenvalue weighted by Gasteiger charge is -2.17. The summed E-state index contributed by atoms with van der Waals surface area (Å²) in [5.41, 5.74) is 0. The molecule has 0 aliphatic rings. The molecule has 0 amide bonds. The summed E-state index contributed by atoms with van der Waals surface area (Å²) in [5, 5.41) is 0. The maximum Gasteiger partial charge on any atom is 0.330 e. The molecule has 0 saturated carbocycles. The summed E-state index contributed by atoms with van der Waals surface area (Å²) in [6.07, 6.45) is 1.90. The summed E-state index contributed by atoms with van der Waals surface area (Å²) < 4.78 is 10.2. The number of hydrogen-bond donors (Lipinski definition) is 0. The van der Waals surface area contributed by atoms with Crippen LogP contribution in [0.25, 0.3) is 0 Å². The van der Waals surface area contributed by atoms with E-state index in [9.17, 15) is 4.79 Å². The van der Waals surface area contributed by atoms with Crippen molar-refractivity contribution in [3.8, 4) is 0 Å². The Morgan fingerprint density at radius 3 is 2.50 bits per heavy atom. The number of carbonyl (C=O) groups excluding carboxylic acids is 1. The lowest BCUT2D eigenvalue weighted by atomic mass is 10.4. The molecule has 0 aromatic heterocycles. The second-order valence-corrected chi connectivity index (χ2v) is 3.36. The number of carbonyl (C=O) groups is 1. The predicted molar refractivity (Wildman–Crippen MR) is 64.4 cm³/mol. The fourth-order valence-corrected chi connectivity index (χ4v) is 1.23. The van der Waals surface area contributed by atoms with E-state index in [2.05, 4.69) is 25.3 Å². The first-order valence-corrected chi connectivity index (χ1v) is 5.83. The minimum atomic E-state index is -0.372. The van der Waals surface area contributed by atoms with Crippen LogP contribution >= 0.6 is 0 Å². The summed E-state index contributed by atoms with van der Waals surface area (Å²) in [6.45, 7) is 12.4. The van der Waals surface area contributed by atoms with Gasteiger partial charge < -0.3 is 14.4 Å². The quantitative estimate of drug-likeness (QED) is 0.323. The Morgan fingerprint density at radius 2 is 1.94 bits per heavy atom. The van der Waals surface area contributed by atoms with E-state index in [4.69, 9.17) is 9.47 Å². The zero-order valence-corrected chi connectivity index (χ0v) is 10.4. The molecule has 0 aliphatic heterocycles. The van der Waals surface area contributed by atoms with Gasteiger partial charge in [-0.15, -0.1) is 0 Å². The number of ether oxygens (including phenoxy) is 2. The van der Waals surface area contributed by atoms with Crippen molar-refractivity contribution in [3.05, 3.63) is 12.7 Å². The van der Waals surface area contributed by atoms with Crippen LogP contribution in [-0.4, -0.2) is 50.3 Å². The molecule has 16 heavy (non-hydrogen) atoms. The number of esters is 1. The van der Waals surface area contributed by atoms with Crippen LogP contribution in [0.15, 0.2) is 12.7 Å². The molecule has 0 rings (SSSR count). The summed E-state index contributed by atoms with van der Waals surface area (Å²) in [4.78, 5) is 13.0. The van der Waals surface area contributed by atoms with Crippen molar-refractivity contribution in [2.45, 2.75) is 20.3 Å². The molecule has 4 nitrogen and oxygen atoms in total. The van der Waals surface area contributed by atoms with Crippen LogP contribution in [0.5, 0.6) is 0 Å². The Kier molecular flexibility index (Phi) is 10.1. The van der Waals surface area contributed by atoms with Gasteiger partial charge in [-0.1, -0.05) is 20.4 Å². The third-order valence-electron chi connectivity index (χ3n) is 2.29. The Morgan fingerprint density at radius 1 is 1.25 bits per heavy atom. The fraction of sp³-hybridized carbons (Fsp3) is 0.750. The zero-order valence-electron chi connectivity index (χ0n) is 10.4. The Bertz CT molecular complexity index is 191. The molecule has 0 fully saturated rings. The van der Waals surface area contributed by atoms with Crippen molar-refractivity contribution >= 4 is 5.97 Å². The molecule has 0 bridgehead atoms. The highest BCUT2D eigenvalue weighted by atomic mass is 16.5. The van der Waals surface area contributed by atoms with E-state index in [1.165, 1.54) is 6.08 Å². The van der Waals surface area contributed by atoms with Gasteiger partial charge >= 0.3 is 5.97 Å². The van der Waals surface area contributed by atoms with Gasteiger partial charge in [-0.2, -0.15) is 0 Å². The molecule has 0 N–H and O–H groups in total. The summed E-state index contributed by atoms with van der Waals surface area (Å²) in [5.74, 6) is -0.372. The highest BCUT2D eigenvalue weighted by molar-refractivity contribution is 5.81. The maximum absolute atomic E-state index is 10.7. The van der Waals surface area contributed by atoms with E-state index < -0.39 is 0 Å². The number of hydrogen-bond acceptors (Lipinski definition) is 4. The van der Waals surface area contributed by atoms with E-state index in [0.717, 1.165) is 32.7 Å². The molecule has 0 atom stereocenters. The van der Waals surface area contributed by atoms with E-state index in [0.29, 0.717) is 13.2 Å². The zero-order chi connectivity index (χ0) is 12.2. The Balaban J connectivity index is 3.21. The topological polar surface area (TPSA) is 38.8 Å². The summed E-state index contributed by atoms with van der Waals surface area (Å²) in [6, 6.07) is 0. The van der Waals surface area contributed by atoms with Crippen LogP contribution in [0, 0.1) is 0 Å². The van der Waals surface area contributed by atoms with Crippen LogP contribution < -0.4 is 0 Å². The lowest BCUT2D eigenvalue weighted by Crippen LogP contribution is -2.27. The minimum absolute atomic E-state index is 0.372. The van der Waals surface area contributed by atoms with E-state index >= 15 is 0 Å². The van der Waals surface area contributed by atoms with Gasteiger partial charge in [0.25, 0.3) is 0 Å². The number of likely N-dealkylation sites (N-methyl/N-ethyl adjacent to an activating group) is 1. The normalized spacial score (nSPS) is 10.4. The smallest absolute Gasteiger partial charge is 0.330 e. The van der Waals surface area contributed by atoms with Crippen molar-refractivity contribution in [2.75, 3.05) is 39.5 Å². The first kappa shape index (κ1) is 15.1. The van der Waals surface area contributed by atoms with Crippen molar-refractivity contribution in [1.29, 1.82) is 0 Å². The molecular weight excluding hydrogens is 206 g/mol. The first-order chi connectivity index (χ1) is 7.74. The van der Waals surface area contributed by atoms with Gasteiger partial charge in [0.2, 0.25) is 0 Å². The molecule has 0 heterocycles. The lowest BCUT2D eigenvalue weighted by molar-refractivity contribution is -0.138. The molecule has 0 aliphatic carbocycles. The maximum atomic E-state index is 10.7. The fourth-order valence-electron chi connectivity index (χ4n) is 1.23. The van der Waals surface area contributed by atoms with Gasteiger partial charge in [0.15, 0.2) is 0 Å². The van der Waals surface area contributed by atoms with Gasteiger partial charge in [-0.3, -0.25) is 0 Å². The Hall–Kier alpha value is -0.870. The average molecular weight is 229 g/mol. The first-order valence-electron chi connectivity index (χ1n) is 5.83. The molecule has 0 aromatic rings. The molecule has 0 saturated heterocycles. The number of nitrogens with zero attached hydrogens (tertiary/aromatic N) is 1. The molecule has 0 radical (unpaired) electrons. The predicted octanol–water partition coefficient (Wildman–Crippen LogP) is 1.46. The highest BCUT2D eigenvalue weighted by Gasteiger charge is 1.98. The van der Waals surface area contributed by atoms with Crippen molar-refractivity contribution in [1.82, 2.24) is 4.90 Å². The monoisotopic (exact) mass is 229 g/mol. The summed E-state index contributed by atoms with van der Waals surface area (Å²) >= 11 is 0. The van der Waals surface area contributed by atoms with Gasteiger partial charge in [0, 0.05) is 25.6 Å². The van der Waals surface area contributed by atoms with Crippen LogP contribution in [0.3, 0.4) is 0 Å². The SMILES string of the molecule is C=CC(=O)OCCCOCCN(CC)CC. The Labute approximate surface area is 98.2 Å². The van der Waals surface area contributed by atoms with Crippen LogP contribution in [0.2, 0.25) is 0 Å². The molecule has 0 unspecified atom stereocenters. The van der Waals surface area contributed by atoms with Crippen LogP contribution in [0.1, 0.15) is 20.3 Å². The molecule has 4 heteroatoms. The minimum Gasteiger partial charge on any atom is -0.462 e. The molecule has 94 valence electrons. The standard InChI is InChI=1S/C12H23NO3/c1-4-12(14)16-10-7-9-15-11-8-13(5-2)6-3/h4H,1,5-11H2,2-3H3. The van der Waals surface area contributed by atoms with E-state index in [1.807, 2.05) is 0 Å². The second kappa shape index (κ2) is 10.6. The highest BCUT2D eigenvalue weighted by Crippen LogP contribution is 1.90. The van der Waals surface area contributed by atoms with Gasteiger partial charge in [0.1, 0.15) is 0 Å². The van der Waals surface area contributed by atoms with Gasteiger partial charge in [-0.25, -0.2) is 4.79 Å². The third-order valence-corrected chi connectivity index (χ3v) is 2.29. The molecule has 0 spiro atoms.